The van der Waals surface area contributed by atoms with Crippen LogP contribution in [0.15, 0.2) is 25.3 Å². The van der Waals surface area contributed by atoms with E-state index in [-0.39, 0.29) is 12.3 Å². The molecule has 2 atom stereocenters. The maximum Gasteiger partial charge on any atom is 0.136 e. The van der Waals surface area contributed by atoms with Crippen molar-refractivity contribution in [2.45, 2.75) is 19.3 Å². The molecule has 3 nitrogen and oxygen atoms in total. The van der Waals surface area contributed by atoms with Gasteiger partial charge in [-0.1, -0.05) is 12.2 Å². The molecule has 0 aromatic carbocycles. The minimum atomic E-state index is -0.0482. The molecule has 14 heavy (non-hydrogen) atoms. The molecule has 0 aromatic heterocycles. The Kier molecular flexibility index (Phi) is 7.38. The van der Waals surface area contributed by atoms with Crippen LogP contribution < -0.4 is 0 Å². The summed E-state index contributed by atoms with van der Waals surface area (Å²) >= 11 is 0. The zero-order valence-electron chi connectivity index (χ0n) is 9.40. The third kappa shape index (κ3) is 5.17. The Morgan fingerprint density at radius 3 is 2.07 bits per heavy atom. The summed E-state index contributed by atoms with van der Waals surface area (Å²) in [5.74, 6) is 0. The highest BCUT2D eigenvalue weighted by molar-refractivity contribution is 4.71. The molecule has 0 aliphatic heterocycles. The summed E-state index contributed by atoms with van der Waals surface area (Å²) in [5.41, 5.74) is 0. The molecule has 0 saturated heterocycles. The van der Waals surface area contributed by atoms with Gasteiger partial charge < -0.3 is 9.47 Å². The number of nitrogens with zero attached hydrogens (tertiary/aromatic N) is 1. The Morgan fingerprint density at radius 2 is 1.64 bits per heavy atom. The lowest BCUT2D eigenvalue weighted by molar-refractivity contribution is -0.112. The highest BCUT2D eigenvalue weighted by Gasteiger charge is 2.19. The normalized spacial score (nSPS) is 15.1. The lowest BCUT2D eigenvalue weighted by Crippen LogP contribution is -2.41. The number of likely N-dealkylation sites (N-methyl/N-ethyl adjacent to an activating group) is 1. The van der Waals surface area contributed by atoms with Crippen LogP contribution in [0, 0.1) is 0 Å². The van der Waals surface area contributed by atoms with Crippen molar-refractivity contribution in [2.75, 3.05) is 27.3 Å². The Labute approximate surface area is 87.0 Å². The first-order valence-electron chi connectivity index (χ1n) is 4.75. The van der Waals surface area contributed by atoms with E-state index in [1.165, 1.54) is 0 Å². The van der Waals surface area contributed by atoms with Gasteiger partial charge in [0.25, 0.3) is 0 Å². The standard InChI is InChI=1S/C11H21NO2/c1-6-8-13-10(3)11(12(4)5)14-9-7-2/h6-7,10-11H,1-2,8-9H2,3-5H3. The van der Waals surface area contributed by atoms with Crippen molar-refractivity contribution in [1.29, 1.82) is 0 Å². The summed E-state index contributed by atoms with van der Waals surface area (Å²) in [6.07, 6.45) is 3.43. The Hall–Kier alpha value is -0.640. The molecule has 0 aliphatic rings. The molecule has 0 saturated carbocycles. The largest absolute Gasteiger partial charge is 0.370 e. The summed E-state index contributed by atoms with van der Waals surface area (Å²) in [5, 5.41) is 0. The SMILES string of the molecule is C=CCOC(C)C(OCC=C)N(C)C. The first kappa shape index (κ1) is 13.4. The monoisotopic (exact) mass is 199 g/mol. The van der Waals surface area contributed by atoms with E-state index in [0.29, 0.717) is 13.2 Å². The number of rotatable bonds is 8. The molecule has 0 fully saturated rings. The second kappa shape index (κ2) is 7.74. The van der Waals surface area contributed by atoms with Gasteiger partial charge in [-0.15, -0.1) is 13.2 Å². The molecule has 2 unspecified atom stereocenters. The zero-order chi connectivity index (χ0) is 11.0. The maximum atomic E-state index is 5.56. The van der Waals surface area contributed by atoms with Crippen LogP contribution in [0.3, 0.4) is 0 Å². The number of hydrogen-bond acceptors (Lipinski definition) is 3. The molecule has 0 spiro atoms. The van der Waals surface area contributed by atoms with E-state index in [4.69, 9.17) is 9.47 Å². The molecular formula is C11H21NO2. The quantitative estimate of drug-likeness (QED) is 0.438. The van der Waals surface area contributed by atoms with E-state index in [2.05, 4.69) is 13.2 Å². The molecule has 82 valence electrons. The molecule has 0 amide bonds. The predicted molar refractivity (Wildman–Crippen MR) is 59.2 cm³/mol. The van der Waals surface area contributed by atoms with Crippen molar-refractivity contribution in [3.05, 3.63) is 25.3 Å². The minimum Gasteiger partial charge on any atom is -0.370 e. The van der Waals surface area contributed by atoms with Gasteiger partial charge in [0.2, 0.25) is 0 Å². The van der Waals surface area contributed by atoms with Gasteiger partial charge in [0.1, 0.15) is 6.23 Å². The molecule has 0 radical (unpaired) electrons. The van der Waals surface area contributed by atoms with Crippen LogP contribution in [0.2, 0.25) is 0 Å². The van der Waals surface area contributed by atoms with Crippen LogP contribution in [0.1, 0.15) is 6.92 Å². The van der Waals surface area contributed by atoms with Gasteiger partial charge in [0, 0.05) is 0 Å². The second-order valence-electron chi connectivity index (χ2n) is 3.30. The van der Waals surface area contributed by atoms with Gasteiger partial charge in [0.15, 0.2) is 0 Å². The minimum absolute atomic E-state index is 0.0166. The van der Waals surface area contributed by atoms with Crippen molar-refractivity contribution in [1.82, 2.24) is 4.90 Å². The van der Waals surface area contributed by atoms with Crippen molar-refractivity contribution in [2.24, 2.45) is 0 Å². The van der Waals surface area contributed by atoms with Gasteiger partial charge in [-0.3, -0.25) is 4.90 Å². The fraction of sp³-hybridized carbons (Fsp3) is 0.636. The third-order valence-electron chi connectivity index (χ3n) is 1.77. The van der Waals surface area contributed by atoms with Crippen molar-refractivity contribution >= 4 is 0 Å². The van der Waals surface area contributed by atoms with Crippen LogP contribution in [0.25, 0.3) is 0 Å². The summed E-state index contributed by atoms with van der Waals surface area (Å²) < 4.78 is 11.1. The van der Waals surface area contributed by atoms with Crippen LogP contribution in [-0.4, -0.2) is 44.5 Å². The van der Waals surface area contributed by atoms with Crippen LogP contribution in [0.5, 0.6) is 0 Å². The number of hydrogen-bond donors (Lipinski definition) is 0. The molecule has 0 rings (SSSR count). The van der Waals surface area contributed by atoms with E-state index < -0.39 is 0 Å². The Morgan fingerprint density at radius 1 is 1.14 bits per heavy atom. The Balaban J connectivity index is 4.02. The molecule has 0 heterocycles. The lowest BCUT2D eigenvalue weighted by Gasteiger charge is -2.29. The fourth-order valence-electron chi connectivity index (χ4n) is 1.17. The third-order valence-corrected chi connectivity index (χ3v) is 1.77. The molecule has 0 aliphatic carbocycles. The second-order valence-corrected chi connectivity index (χ2v) is 3.30. The lowest BCUT2D eigenvalue weighted by atomic mass is 10.3. The number of ether oxygens (including phenoxy) is 2. The molecule has 0 N–H and O–H groups in total. The van der Waals surface area contributed by atoms with Crippen molar-refractivity contribution in [3.63, 3.8) is 0 Å². The van der Waals surface area contributed by atoms with Crippen LogP contribution in [0.4, 0.5) is 0 Å². The van der Waals surface area contributed by atoms with E-state index in [0.717, 1.165) is 0 Å². The van der Waals surface area contributed by atoms with Crippen LogP contribution >= 0.6 is 0 Å². The van der Waals surface area contributed by atoms with E-state index in [9.17, 15) is 0 Å². The highest BCUT2D eigenvalue weighted by Crippen LogP contribution is 2.06. The zero-order valence-corrected chi connectivity index (χ0v) is 9.40. The van der Waals surface area contributed by atoms with Crippen molar-refractivity contribution < 1.29 is 9.47 Å². The van der Waals surface area contributed by atoms with Gasteiger partial charge in [-0.25, -0.2) is 0 Å². The predicted octanol–water partition coefficient (Wildman–Crippen LogP) is 1.67. The van der Waals surface area contributed by atoms with E-state index >= 15 is 0 Å². The van der Waals surface area contributed by atoms with Crippen LogP contribution in [-0.2, 0) is 9.47 Å². The molecule has 0 bridgehead atoms. The summed E-state index contributed by atoms with van der Waals surface area (Å²) in [4.78, 5) is 1.98. The van der Waals surface area contributed by atoms with E-state index in [1.54, 1.807) is 12.2 Å². The average Bonchev–Trinajstić information content (AvgIpc) is 2.14. The first-order chi connectivity index (χ1) is 6.63. The van der Waals surface area contributed by atoms with Gasteiger partial charge in [-0.2, -0.15) is 0 Å². The van der Waals surface area contributed by atoms with Crippen molar-refractivity contribution in [3.8, 4) is 0 Å². The van der Waals surface area contributed by atoms with Gasteiger partial charge >= 0.3 is 0 Å². The summed E-state index contributed by atoms with van der Waals surface area (Å²) in [6.45, 7) is 10.3. The van der Waals surface area contributed by atoms with Gasteiger partial charge in [-0.05, 0) is 21.0 Å². The average molecular weight is 199 g/mol. The van der Waals surface area contributed by atoms with Gasteiger partial charge in [0.05, 0.1) is 19.3 Å². The summed E-state index contributed by atoms with van der Waals surface area (Å²) in [6, 6.07) is 0. The summed E-state index contributed by atoms with van der Waals surface area (Å²) in [7, 11) is 3.92. The topological polar surface area (TPSA) is 21.7 Å². The molecule has 3 heteroatoms. The smallest absolute Gasteiger partial charge is 0.136 e. The highest BCUT2D eigenvalue weighted by atomic mass is 16.5. The molecular weight excluding hydrogens is 178 g/mol. The first-order valence-corrected chi connectivity index (χ1v) is 4.75. The maximum absolute atomic E-state index is 5.56. The fourth-order valence-corrected chi connectivity index (χ4v) is 1.17. The molecule has 0 aromatic rings. The Bertz CT molecular complexity index is 169. The van der Waals surface area contributed by atoms with E-state index in [1.807, 2.05) is 25.9 Å².